The van der Waals surface area contributed by atoms with Crippen molar-refractivity contribution in [2.24, 2.45) is 0 Å². The van der Waals surface area contributed by atoms with E-state index in [1.807, 2.05) is 30.3 Å². The second-order valence-corrected chi connectivity index (χ2v) is 6.87. The molecule has 25 heavy (non-hydrogen) atoms. The Kier molecular flexibility index (Phi) is 4.66. The van der Waals surface area contributed by atoms with E-state index in [4.69, 9.17) is 4.74 Å². The molecule has 1 aromatic heterocycles. The third-order valence-electron chi connectivity index (χ3n) is 5.18. The number of benzene rings is 2. The normalized spacial score (nSPS) is 20.6. The summed E-state index contributed by atoms with van der Waals surface area (Å²) >= 11 is 0. The number of carbonyl (C=O) groups is 1. The molecule has 128 valence electrons. The van der Waals surface area contributed by atoms with Gasteiger partial charge in [0.15, 0.2) is 5.78 Å². The number of aromatic nitrogens is 1. The van der Waals surface area contributed by atoms with Gasteiger partial charge in [-0.15, -0.1) is 0 Å². The van der Waals surface area contributed by atoms with Gasteiger partial charge in [-0.1, -0.05) is 54.6 Å². The Morgan fingerprint density at radius 2 is 1.48 bits per heavy atom. The van der Waals surface area contributed by atoms with E-state index in [2.05, 4.69) is 41.2 Å². The topological polar surface area (TPSA) is 31.2 Å². The Morgan fingerprint density at radius 1 is 0.880 bits per heavy atom. The number of fused-ring (bicyclic) bond motifs is 1. The van der Waals surface area contributed by atoms with Gasteiger partial charge in [0, 0.05) is 24.0 Å². The third-order valence-corrected chi connectivity index (χ3v) is 5.18. The third kappa shape index (κ3) is 3.67. The first kappa shape index (κ1) is 16.1. The van der Waals surface area contributed by atoms with Gasteiger partial charge < -0.3 is 9.30 Å². The molecule has 1 heterocycles. The maximum Gasteiger partial charge on any atom is 0.188 e. The van der Waals surface area contributed by atoms with Crippen molar-refractivity contribution >= 4 is 16.6 Å². The van der Waals surface area contributed by atoms with Crippen LogP contribution >= 0.6 is 0 Å². The highest BCUT2D eigenvalue weighted by Crippen LogP contribution is 2.31. The van der Waals surface area contributed by atoms with Gasteiger partial charge in [0.05, 0.1) is 6.10 Å². The molecule has 1 aliphatic carbocycles. The van der Waals surface area contributed by atoms with Crippen molar-refractivity contribution < 1.29 is 9.53 Å². The zero-order valence-electron chi connectivity index (χ0n) is 14.3. The molecule has 2 aromatic carbocycles. The average Bonchev–Trinajstić information content (AvgIpc) is 3.11. The van der Waals surface area contributed by atoms with Crippen molar-refractivity contribution in [2.45, 2.75) is 37.8 Å². The molecule has 3 nitrogen and oxygen atoms in total. The highest BCUT2D eigenvalue weighted by molar-refractivity contribution is 5.97. The highest BCUT2D eigenvalue weighted by Gasteiger charge is 2.23. The molecular weight excluding hydrogens is 310 g/mol. The van der Waals surface area contributed by atoms with Crippen LogP contribution in [0.4, 0.5) is 0 Å². The van der Waals surface area contributed by atoms with Crippen LogP contribution in [0.5, 0.6) is 0 Å². The van der Waals surface area contributed by atoms with E-state index < -0.39 is 0 Å². The van der Waals surface area contributed by atoms with Crippen molar-refractivity contribution in [2.75, 3.05) is 6.61 Å². The molecule has 0 aliphatic heterocycles. The highest BCUT2D eigenvalue weighted by atomic mass is 16.5. The summed E-state index contributed by atoms with van der Waals surface area (Å²) < 4.78 is 8.24. The molecule has 1 saturated carbocycles. The summed E-state index contributed by atoms with van der Waals surface area (Å²) in [6, 6.07) is 18.4. The number of hydrogen-bond donors (Lipinski definition) is 0. The van der Waals surface area contributed by atoms with Gasteiger partial charge in [0.2, 0.25) is 0 Å². The molecular formula is C22H23NO2. The van der Waals surface area contributed by atoms with Gasteiger partial charge in [-0.3, -0.25) is 4.79 Å². The lowest BCUT2D eigenvalue weighted by atomic mass is 9.93. The number of rotatable bonds is 5. The number of carbonyl (C=O) groups excluding carboxylic acids is 1. The Balaban J connectivity index is 1.30. The van der Waals surface area contributed by atoms with Crippen LogP contribution in [0.25, 0.3) is 10.8 Å². The summed E-state index contributed by atoms with van der Waals surface area (Å²) in [4.78, 5) is 12.1. The number of nitrogens with zero attached hydrogens (tertiary/aromatic N) is 1. The van der Waals surface area contributed by atoms with E-state index >= 15 is 0 Å². The van der Waals surface area contributed by atoms with Crippen LogP contribution in [0, 0.1) is 0 Å². The van der Waals surface area contributed by atoms with Crippen molar-refractivity contribution in [1.82, 2.24) is 4.57 Å². The van der Waals surface area contributed by atoms with Gasteiger partial charge in [-0.2, -0.15) is 0 Å². The summed E-state index contributed by atoms with van der Waals surface area (Å²) in [7, 11) is 0. The zero-order chi connectivity index (χ0) is 17.1. The van der Waals surface area contributed by atoms with Crippen LogP contribution in [0.1, 0.15) is 42.1 Å². The monoisotopic (exact) mass is 333 g/mol. The minimum Gasteiger partial charge on any atom is -0.370 e. The maximum absolute atomic E-state index is 12.1. The van der Waals surface area contributed by atoms with E-state index in [-0.39, 0.29) is 18.5 Å². The summed E-state index contributed by atoms with van der Waals surface area (Å²) in [6.07, 6.45) is 8.94. The lowest BCUT2D eigenvalue weighted by Gasteiger charge is -2.29. The van der Waals surface area contributed by atoms with Crippen molar-refractivity contribution in [3.8, 4) is 0 Å². The minimum absolute atomic E-state index is 0.0689. The van der Waals surface area contributed by atoms with Crippen molar-refractivity contribution in [3.63, 3.8) is 0 Å². The molecule has 0 N–H and O–H groups in total. The molecule has 0 unspecified atom stereocenters. The first-order chi connectivity index (χ1) is 12.3. The number of hydrogen-bond acceptors (Lipinski definition) is 2. The molecule has 4 rings (SSSR count). The molecule has 0 saturated heterocycles. The summed E-state index contributed by atoms with van der Waals surface area (Å²) in [6.45, 7) is 0.187. The van der Waals surface area contributed by atoms with Gasteiger partial charge in [-0.25, -0.2) is 0 Å². The lowest BCUT2D eigenvalue weighted by molar-refractivity contribution is 0.0214. The number of ether oxygens (including phenoxy) is 1. The van der Waals surface area contributed by atoms with E-state index in [1.165, 1.54) is 10.8 Å². The summed E-state index contributed by atoms with van der Waals surface area (Å²) in [5.74, 6) is 0.0689. The fraction of sp³-hybridized carbons (Fsp3) is 0.318. The van der Waals surface area contributed by atoms with Crippen LogP contribution in [0.3, 0.4) is 0 Å². The summed E-state index contributed by atoms with van der Waals surface area (Å²) in [5, 5.41) is 2.60. The zero-order valence-corrected chi connectivity index (χ0v) is 14.3. The fourth-order valence-electron chi connectivity index (χ4n) is 3.73. The fourth-order valence-corrected chi connectivity index (χ4v) is 3.73. The predicted molar refractivity (Wildman–Crippen MR) is 100.0 cm³/mol. The Morgan fingerprint density at radius 3 is 2.12 bits per heavy atom. The van der Waals surface area contributed by atoms with Crippen LogP contribution in [-0.2, 0) is 4.74 Å². The molecule has 0 amide bonds. The quantitative estimate of drug-likeness (QED) is 0.614. The van der Waals surface area contributed by atoms with E-state index in [0.29, 0.717) is 6.04 Å². The van der Waals surface area contributed by atoms with Crippen LogP contribution < -0.4 is 0 Å². The maximum atomic E-state index is 12.1. The van der Waals surface area contributed by atoms with E-state index in [1.54, 1.807) is 0 Å². The van der Waals surface area contributed by atoms with E-state index in [0.717, 1.165) is 31.2 Å². The molecule has 0 bridgehead atoms. The second kappa shape index (κ2) is 7.24. The largest absolute Gasteiger partial charge is 0.370 e. The van der Waals surface area contributed by atoms with Crippen molar-refractivity contribution in [3.05, 3.63) is 72.6 Å². The SMILES string of the molecule is O=C(COC1CCC(n2cc3ccccc3c2)CC1)c1ccccc1. The first-order valence-corrected chi connectivity index (χ1v) is 9.06. The molecule has 0 atom stereocenters. The minimum atomic E-state index is 0.0689. The Labute approximate surface area is 148 Å². The van der Waals surface area contributed by atoms with Gasteiger partial charge in [0.25, 0.3) is 0 Å². The number of ketones is 1. The molecule has 1 aliphatic rings. The van der Waals surface area contributed by atoms with Crippen LogP contribution in [0.2, 0.25) is 0 Å². The first-order valence-electron chi connectivity index (χ1n) is 9.06. The standard InChI is InChI=1S/C22H23NO2/c24-22(17-6-2-1-3-7-17)16-25-21-12-10-20(11-13-21)23-14-18-8-4-5-9-19(18)15-23/h1-9,14-15,20-21H,10-13,16H2. The molecule has 1 fully saturated rings. The van der Waals surface area contributed by atoms with Gasteiger partial charge in [0.1, 0.15) is 6.61 Å². The predicted octanol–water partition coefficient (Wildman–Crippen LogP) is 5.02. The second-order valence-electron chi connectivity index (χ2n) is 6.87. The molecule has 3 aromatic rings. The number of Topliss-reactive ketones (excluding diaryl/α,β-unsaturated/α-hetero) is 1. The Hall–Kier alpha value is -2.39. The van der Waals surface area contributed by atoms with Gasteiger partial charge >= 0.3 is 0 Å². The molecule has 0 spiro atoms. The Bertz CT molecular complexity index is 812. The van der Waals surface area contributed by atoms with E-state index in [9.17, 15) is 4.79 Å². The van der Waals surface area contributed by atoms with Crippen LogP contribution in [-0.4, -0.2) is 23.1 Å². The van der Waals surface area contributed by atoms with Crippen molar-refractivity contribution in [1.29, 1.82) is 0 Å². The molecule has 3 heteroatoms. The lowest BCUT2D eigenvalue weighted by Crippen LogP contribution is -2.25. The van der Waals surface area contributed by atoms with Gasteiger partial charge in [-0.05, 0) is 36.5 Å². The van der Waals surface area contributed by atoms with Crippen LogP contribution in [0.15, 0.2) is 67.0 Å². The average molecular weight is 333 g/mol. The smallest absolute Gasteiger partial charge is 0.188 e. The molecule has 0 radical (unpaired) electrons. The summed E-state index contributed by atoms with van der Waals surface area (Å²) in [5.41, 5.74) is 0.732.